The molecule has 2 N–H and O–H groups in total. The fourth-order valence-corrected chi connectivity index (χ4v) is 1.91. The Labute approximate surface area is 123 Å². The van der Waals surface area contributed by atoms with E-state index in [0.29, 0.717) is 18.9 Å². The number of rotatable bonds is 8. The first-order chi connectivity index (χ1) is 10.3. The maximum absolute atomic E-state index is 11.0. The molecule has 0 unspecified atom stereocenters. The van der Waals surface area contributed by atoms with Crippen LogP contribution in [0, 0.1) is 0 Å². The molecule has 0 aliphatic heterocycles. The molecular formula is C16H18N2O3. The third-order valence-corrected chi connectivity index (χ3v) is 2.97. The molecule has 0 saturated heterocycles. The number of carboxylic acids is 1. The van der Waals surface area contributed by atoms with Crippen LogP contribution < -0.4 is 10.1 Å². The van der Waals surface area contributed by atoms with E-state index < -0.39 is 5.97 Å². The summed E-state index contributed by atoms with van der Waals surface area (Å²) in [5.41, 5.74) is 1.37. The number of nitrogens with one attached hydrogen (secondary N) is 1. The van der Waals surface area contributed by atoms with Crippen LogP contribution in [0.4, 0.5) is 0 Å². The minimum atomic E-state index is -0.977. The van der Waals surface area contributed by atoms with E-state index in [2.05, 4.69) is 10.3 Å². The van der Waals surface area contributed by atoms with Crippen LogP contribution in [0.15, 0.2) is 48.8 Å². The first kappa shape index (κ1) is 15.0. The van der Waals surface area contributed by atoms with E-state index in [1.807, 2.05) is 18.3 Å². The van der Waals surface area contributed by atoms with Crippen molar-refractivity contribution in [2.75, 3.05) is 19.7 Å². The van der Waals surface area contributed by atoms with Crippen molar-refractivity contribution in [2.24, 2.45) is 0 Å². The minimum Gasteiger partial charge on any atom is -0.491 e. The van der Waals surface area contributed by atoms with Gasteiger partial charge in [-0.3, -0.25) is 4.98 Å². The number of aromatic carboxylic acids is 1. The van der Waals surface area contributed by atoms with Gasteiger partial charge in [-0.25, -0.2) is 4.79 Å². The monoisotopic (exact) mass is 286 g/mol. The molecule has 1 aromatic carbocycles. The number of benzene rings is 1. The molecule has 5 nitrogen and oxygen atoms in total. The molecular weight excluding hydrogens is 268 g/mol. The number of hydrogen-bond donors (Lipinski definition) is 2. The molecule has 0 atom stereocenters. The standard InChI is InChI=1S/C16H18N2O3/c19-16(20)14-5-1-2-6-15(14)21-11-10-17-9-7-13-4-3-8-18-12-13/h1-6,8,12,17H,7,9-11H2,(H,19,20). The van der Waals surface area contributed by atoms with Crippen molar-refractivity contribution in [1.82, 2.24) is 10.3 Å². The molecule has 21 heavy (non-hydrogen) atoms. The third kappa shape index (κ3) is 4.89. The van der Waals surface area contributed by atoms with E-state index in [9.17, 15) is 4.79 Å². The van der Waals surface area contributed by atoms with Crippen LogP contribution in [0.2, 0.25) is 0 Å². The lowest BCUT2D eigenvalue weighted by Gasteiger charge is -2.09. The molecule has 1 aromatic heterocycles. The molecule has 0 aliphatic carbocycles. The van der Waals surface area contributed by atoms with Gasteiger partial charge in [-0.15, -0.1) is 0 Å². The molecule has 5 heteroatoms. The number of carboxylic acid groups (broad SMARTS) is 1. The molecule has 0 fully saturated rings. The van der Waals surface area contributed by atoms with Gasteiger partial charge in [0.2, 0.25) is 0 Å². The number of ether oxygens (including phenoxy) is 1. The van der Waals surface area contributed by atoms with Crippen molar-refractivity contribution in [3.05, 3.63) is 59.9 Å². The Morgan fingerprint density at radius 1 is 1.19 bits per heavy atom. The van der Waals surface area contributed by atoms with Gasteiger partial charge < -0.3 is 15.2 Å². The second-order valence-electron chi connectivity index (χ2n) is 4.51. The van der Waals surface area contributed by atoms with E-state index in [1.54, 1.807) is 24.4 Å². The van der Waals surface area contributed by atoms with Crippen LogP contribution in [0.1, 0.15) is 15.9 Å². The highest BCUT2D eigenvalue weighted by atomic mass is 16.5. The van der Waals surface area contributed by atoms with Crippen LogP contribution >= 0.6 is 0 Å². The second-order valence-corrected chi connectivity index (χ2v) is 4.51. The average Bonchev–Trinajstić information content (AvgIpc) is 2.52. The maximum atomic E-state index is 11.0. The summed E-state index contributed by atoms with van der Waals surface area (Å²) in [6.07, 6.45) is 4.51. The Morgan fingerprint density at radius 2 is 2.05 bits per heavy atom. The molecule has 0 amide bonds. The number of para-hydroxylation sites is 1. The fraction of sp³-hybridized carbons (Fsp3) is 0.250. The topological polar surface area (TPSA) is 71.5 Å². The Morgan fingerprint density at radius 3 is 2.81 bits per heavy atom. The van der Waals surface area contributed by atoms with Gasteiger partial charge in [0.25, 0.3) is 0 Å². The zero-order chi connectivity index (χ0) is 14.9. The number of aromatic nitrogens is 1. The van der Waals surface area contributed by atoms with Gasteiger partial charge in [-0.1, -0.05) is 18.2 Å². The van der Waals surface area contributed by atoms with E-state index in [0.717, 1.165) is 13.0 Å². The predicted octanol–water partition coefficient (Wildman–Crippen LogP) is 1.99. The number of hydrogen-bond acceptors (Lipinski definition) is 4. The normalized spacial score (nSPS) is 10.3. The summed E-state index contributed by atoms with van der Waals surface area (Å²) in [5, 5.41) is 12.3. The summed E-state index contributed by atoms with van der Waals surface area (Å²) in [7, 11) is 0. The van der Waals surface area contributed by atoms with Gasteiger partial charge in [0.15, 0.2) is 0 Å². The number of nitrogens with zero attached hydrogens (tertiary/aromatic N) is 1. The van der Waals surface area contributed by atoms with Crippen molar-refractivity contribution in [2.45, 2.75) is 6.42 Å². The molecule has 0 bridgehead atoms. The smallest absolute Gasteiger partial charge is 0.339 e. The fourth-order valence-electron chi connectivity index (χ4n) is 1.91. The van der Waals surface area contributed by atoms with Gasteiger partial charge >= 0.3 is 5.97 Å². The van der Waals surface area contributed by atoms with Crippen LogP contribution in [-0.2, 0) is 6.42 Å². The first-order valence-electron chi connectivity index (χ1n) is 6.82. The van der Waals surface area contributed by atoms with Gasteiger partial charge in [0, 0.05) is 18.9 Å². The zero-order valence-corrected chi connectivity index (χ0v) is 11.7. The summed E-state index contributed by atoms with van der Waals surface area (Å²) < 4.78 is 5.50. The highest BCUT2D eigenvalue weighted by Crippen LogP contribution is 2.17. The lowest BCUT2D eigenvalue weighted by molar-refractivity contribution is 0.0692. The van der Waals surface area contributed by atoms with Crippen molar-refractivity contribution < 1.29 is 14.6 Å². The van der Waals surface area contributed by atoms with Crippen LogP contribution in [0.3, 0.4) is 0 Å². The molecule has 0 radical (unpaired) electrons. The summed E-state index contributed by atoms with van der Waals surface area (Å²) >= 11 is 0. The molecule has 2 aromatic rings. The quantitative estimate of drug-likeness (QED) is 0.726. The van der Waals surface area contributed by atoms with Gasteiger partial charge in [-0.05, 0) is 36.7 Å². The van der Waals surface area contributed by atoms with Crippen LogP contribution in [0.25, 0.3) is 0 Å². The maximum Gasteiger partial charge on any atom is 0.339 e. The van der Waals surface area contributed by atoms with Crippen LogP contribution in [-0.4, -0.2) is 35.8 Å². The van der Waals surface area contributed by atoms with E-state index in [1.165, 1.54) is 11.6 Å². The number of pyridine rings is 1. The highest BCUT2D eigenvalue weighted by Gasteiger charge is 2.09. The molecule has 1 heterocycles. The summed E-state index contributed by atoms with van der Waals surface area (Å²) in [6, 6.07) is 10.6. The Bertz CT molecular complexity index is 573. The van der Waals surface area contributed by atoms with Crippen LogP contribution in [0.5, 0.6) is 5.75 Å². The first-order valence-corrected chi connectivity index (χ1v) is 6.82. The van der Waals surface area contributed by atoms with Gasteiger partial charge in [0.05, 0.1) is 0 Å². The lowest BCUT2D eigenvalue weighted by atomic mass is 10.2. The second kappa shape index (κ2) is 8.01. The van der Waals surface area contributed by atoms with Gasteiger partial charge in [-0.2, -0.15) is 0 Å². The molecule has 0 aliphatic rings. The average molecular weight is 286 g/mol. The molecule has 0 saturated carbocycles. The number of carbonyl (C=O) groups is 1. The van der Waals surface area contributed by atoms with E-state index in [-0.39, 0.29) is 5.56 Å². The SMILES string of the molecule is O=C(O)c1ccccc1OCCNCCc1cccnc1. The van der Waals surface area contributed by atoms with Crippen molar-refractivity contribution in [1.29, 1.82) is 0 Å². The molecule has 0 spiro atoms. The van der Waals surface area contributed by atoms with Gasteiger partial charge in [0.1, 0.15) is 17.9 Å². The van der Waals surface area contributed by atoms with E-state index in [4.69, 9.17) is 9.84 Å². The predicted molar refractivity (Wildman–Crippen MR) is 79.7 cm³/mol. The summed E-state index contributed by atoms with van der Waals surface area (Å²) in [6.45, 7) is 1.92. The highest BCUT2D eigenvalue weighted by molar-refractivity contribution is 5.90. The van der Waals surface area contributed by atoms with Crippen molar-refractivity contribution in [3.63, 3.8) is 0 Å². The molecule has 2 rings (SSSR count). The molecule has 110 valence electrons. The summed E-state index contributed by atoms with van der Waals surface area (Å²) in [4.78, 5) is 15.1. The van der Waals surface area contributed by atoms with Crippen molar-refractivity contribution in [3.8, 4) is 5.75 Å². The van der Waals surface area contributed by atoms with Crippen molar-refractivity contribution >= 4 is 5.97 Å². The zero-order valence-electron chi connectivity index (χ0n) is 11.7. The lowest BCUT2D eigenvalue weighted by Crippen LogP contribution is -2.23. The third-order valence-electron chi connectivity index (χ3n) is 2.97. The Kier molecular flexibility index (Phi) is 5.72. The Balaban J connectivity index is 1.67. The largest absolute Gasteiger partial charge is 0.491 e. The minimum absolute atomic E-state index is 0.188. The summed E-state index contributed by atoms with van der Waals surface area (Å²) in [5.74, 6) is -0.575. The Hall–Kier alpha value is -2.40. The van der Waals surface area contributed by atoms with E-state index >= 15 is 0 Å².